The fourth-order valence-corrected chi connectivity index (χ4v) is 4.67. The Hall–Kier alpha value is -1.76. The lowest BCUT2D eigenvalue weighted by molar-refractivity contribution is -0.131. The van der Waals surface area contributed by atoms with Crippen LogP contribution in [0.2, 0.25) is 0 Å². The van der Waals surface area contributed by atoms with Crippen LogP contribution >= 0.6 is 24.8 Å². The maximum atomic E-state index is 13.5. The number of carbonyl (C=O) groups excluding carboxylic acids is 1. The summed E-state index contributed by atoms with van der Waals surface area (Å²) in [6.07, 6.45) is 5.00. The van der Waals surface area contributed by atoms with Crippen molar-refractivity contribution >= 4 is 36.7 Å². The van der Waals surface area contributed by atoms with Crippen molar-refractivity contribution in [2.75, 3.05) is 31.1 Å². The Bertz CT molecular complexity index is 736. The fourth-order valence-electron chi connectivity index (χ4n) is 4.67. The second kappa shape index (κ2) is 9.37. The molecule has 1 aliphatic carbocycles. The molecule has 1 N–H and O–H groups in total. The number of amides is 1. The van der Waals surface area contributed by atoms with Gasteiger partial charge in [0.05, 0.1) is 19.2 Å². The first kappa shape index (κ1) is 23.5. The van der Waals surface area contributed by atoms with Gasteiger partial charge in [0.1, 0.15) is 6.04 Å². The van der Waals surface area contributed by atoms with Crippen molar-refractivity contribution in [2.24, 2.45) is 11.8 Å². The average molecular weight is 449 g/mol. The minimum atomic E-state index is -2.98. The molecular formula is C18H24Cl2F2N6O. The number of fused-ring (bicyclic) bond motifs is 2. The largest absolute Gasteiger partial charge is 0.340 e. The molecular weight excluding hydrogens is 425 g/mol. The van der Waals surface area contributed by atoms with Crippen LogP contribution in [0.5, 0.6) is 0 Å². The zero-order chi connectivity index (χ0) is 19.0. The SMILES string of the molecule is Cl.Cl.N#CC1CC(F)(F)CN1C(=O)CNC1[C@H]2CC[C@H]1CN(c1ncccn1)C2. The van der Waals surface area contributed by atoms with E-state index in [9.17, 15) is 13.6 Å². The predicted octanol–water partition coefficient (Wildman–Crippen LogP) is 1.88. The number of aromatic nitrogens is 2. The van der Waals surface area contributed by atoms with E-state index in [1.807, 2.05) is 6.07 Å². The van der Waals surface area contributed by atoms with Crippen molar-refractivity contribution in [2.45, 2.75) is 37.3 Å². The maximum absolute atomic E-state index is 13.5. The summed E-state index contributed by atoms with van der Waals surface area (Å²) in [4.78, 5) is 24.2. The molecule has 1 amide bonds. The van der Waals surface area contributed by atoms with Crippen LogP contribution in [-0.4, -0.2) is 65.0 Å². The van der Waals surface area contributed by atoms with E-state index in [1.165, 1.54) is 0 Å². The first-order valence-corrected chi connectivity index (χ1v) is 9.29. The molecule has 4 rings (SSSR count). The van der Waals surface area contributed by atoms with Crippen LogP contribution in [0.15, 0.2) is 18.5 Å². The van der Waals surface area contributed by atoms with Crippen LogP contribution in [0.1, 0.15) is 19.3 Å². The van der Waals surface area contributed by atoms with Gasteiger partial charge < -0.3 is 15.1 Å². The Morgan fingerprint density at radius 1 is 1.24 bits per heavy atom. The molecule has 160 valence electrons. The Kier molecular flexibility index (Phi) is 7.60. The fraction of sp³-hybridized carbons (Fsp3) is 0.667. The molecule has 2 saturated heterocycles. The smallest absolute Gasteiger partial charge is 0.268 e. The van der Waals surface area contributed by atoms with Crippen LogP contribution < -0.4 is 10.2 Å². The van der Waals surface area contributed by atoms with Crippen LogP contribution in [0, 0.1) is 23.2 Å². The molecule has 1 unspecified atom stereocenters. The van der Waals surface area contributed by atoms with Gasteiger partial charge in [-0.1, -0.05) is 0 Å². The van der Waals surface area contributed by atoms with Crippen molar-refractivity contribution in [3.8, 4) is 6.07 Å². The van der Waals surface area contributed by atoms with E-state index in [1.54, 1.807) is 18.5 Å². The molecule has 11 heteroatoms. The van der Waals surface area contributed by atoms with Gasteiger partial charge in [-0.15, -0.1) is 24.8 Å². The standard InChI is InChI=1S/C18H22F2N6O.2ClH/c19-18(20)6-14(7-21)26(11-18)15(27)8-24-16-12-2-3-13(16)10-25(9-12)17-22-4-1-5-23-17;;/h1,4-5,12-14,16,24H,2-3,6,8-11H2;2*1H/t12-,13-,14?;;/m0../s1. The quantitative estimate of drug-likeness (QED) is 0.756. The van der Waals surface area contributed by atoms with E-state index in [-0.39, 0.29) is 37.4 Å². The second-order valence-electron chi connectivity index (χ2n) is 7.68. The lowest BCUT2D eigenvalue weighted by Gasteiger charge is -2.38. The lowest BCUT2D eigenvalue weighted by atomic mass is 9.92. The van der Waals surface area contributed by atoms with Crippen LogP contribution in [0.4, 0.5) is 14.7 Å². The Morgan fingerprint density at radius 3 is 2.45 bits per heavy atom. The molecule has 3 aliphatic rings. The van der Waals surface area contributed by atoms with Gasteiger partial charge in [-0.05, 0) is 30.7 Å². The molecule has 1 saturated carbocycles. The number of alkyl halides is 2. The van der Waals surface area contributed by atoms with Gasteiger partial charge in [0, 0.05) is 37.9 Å². The van der Waals surface area contributed by atoms with Crippen molar-refractivity contribution in [3.05, 3.63) is 18.5 Å². The summed E-state index contributed by atoms with van der Waals surface area (Å²) in [7, 11) is 0. The zero-order valence-electron chi connectivity index (χ0n) is 15.7. The predicted molar refractivity (Wildman–Crippen MR) is 107 cm³/mol. The third kappa shape index (κ3) is 4.87. The molecule has 0 radical (unpaired) electrons. The molecule has 7 nitrogen and oxygen atoms in total. The molecule has 0 spiro atoms. The van der Waals surface area contributed by atoms with Gasteiger partial charge in [-0.3, -0.25) is 4.79 Å². The third-order valence-corrected chi connectivity index (χ3v) is 5.90. The van der Waals surface area contributed by atoms with Crippen molar-refractivity contribution < 1.29 is 13.6 Å². The number of nitriles is 1. The first-order chi connectivity index (χ1) is 13.0. The van der Waals surface area contributed by atoms with E-state index in [0.717, 1.165) is 36.8 Å². The summed E-state index contributed by atoms with van der Waals surface area (Å²) in [5.74, 6) is -1.94. The molecule has 3 atom stereocenters. The number of likely N-dealkylation sites (tertiary alicyclic amines) is 1. The van der Waals surface area contributed by atoms with Gasteiger partial charge in [0.25, 0.3) is 5.92 Å². The molecule has 0 aromatic carbocycles. The monoisotopic (exact) mass is 448 g/mol. The van der Waals surface area contributed by atoms with Gasteiger partial charge in [0.15, 0.2) is 0 Å². The molecule has 2 bridgehead atoms. The third-order valence-electron chi connectivity index (χ3n) is 5.90. The number of carbonyl (C=O) groups is 1. The van der Waals surface area contributed by atoms with Crippen molar-refractivity contribution in [3.63, 3.8) is 0 Å². The minimum absolute atomic E-state index is 0. The van der Waals surface area contributed by atoms with Gasteiger partial charge in [-0.2, -0.15) is 5.26 Å². The number of hydrogen-bond donors (Lipinski definition) is 1. The number of anilines is 1. The van der Waals surface area contributed by atoms with Crippen LogP contribution in [-0.2, 0) is 4.79 Å². The number of rotatable bonds is 4. The molecule has 29 heavy (non-hydrogen) atoms. The number of nitrogens with one attached hydrogen (secondary N) is 1. The normalized spacial score (nSPS) is 29.6. The maximum Gasteiger partial charge on any atom is 0.268 e. The Morgan fingerprint density at radius 2 is 1.86 bits per heavy atom. The summed E-state index contributed by atoms with van der Waals surface area (Å²) in [5.41, 5.74) is 0. The Labute approximate surface area is 180 Å². The van der Waals surface area contributed by atoms with E-state index >= 15 is 0 Å². The lowest BCUT2D eigenvalue weighted by Crippen LogP contribution is -2.54. The highest BCUT2D eigenvalue weighted by atomic mass is 35.5. The highest BCUT2D eigenvalue weighted by Crippen LogP contribution is 2.38. The van der Waals surface area contributed by atoms with E-state index in [4.69, 9.17) is 5.26 Å². The van der Waals surface area contributed by atoms with E-state index in [0.29, 0.717) is 11.8 Å². The number of halogens is 4. The highest BCUT2D eigenvalue weighted by molar-refractivity contribution is 5.85. The summed E-state index contributed by atoms with van der Waals surface area (Å²) in [6.45, 7) is 0.958. The van der Waals surface area contributed by atoms with Crippen LogP contribution in [0.25, 0.3) is 0 Å². The molecule has 3 heterocycles. The molecule has 2 aliphatic heterocycles. The van der Waals surface area contributed by atoms with E-state index < -0.39 is 30.8 Å². The number of nitrogens with zero attached hydrogens (tertiary/aromatic N) is 5. The molecule has 1 aromatic rings. The second-order valence-corrected chi connectivity index (χ2v) is 7.68. The average Bonchev–Trinajstić information content (AvgIpc) is 3.11. The van der Waals surface area contributed by atoms with Gasteiger partial charge in [0.2, 0.25) is 11.9 Å². The summed E-state index contributed by atoms with van der Waals surface area (Å²) >= 11 is 0. The molecule has 3 fully saturated rings. The topological polar surface area (TPSA) is 85.2 Å². The number of hydrogen-bond acceptors (Lipinski definition) is 6. The molecule has 1 aromatic heterocycles. The Balaban J connectivity index is 0.00000150. The van der Waals surface area contributed by atoms with Crippen LogP contribution in [0.3, 0.4) is 0 Å². The highest BCUT2D eigenvalue weighted by Gasteiger charge is 2.48. The minimum Gasteiger partial charge on any atom is -0.340 e. The number of piperidine rings is 1. The summed E-state index contributed by atoms with van der Waals surface area (Å²) in [6, 6.07) is 2.74. The van der Waals surface area contributed by atoms with E-state index in [2.05, 4.69) is 20.2 Å². The van der Waals surface area contributed by atoms with Crippen molar-refractivity contribution in [1.82, 2.24) is 20.2 Å². The van der Waals surface area contributed by atoms with Gasteiger partial charge in [-0.25, -0.2) is 18.7 Å². The van der Waals surface area contributed by atoms with Crippen molar-refractivity contribution in [1.29, 1.82) is 5.26 Å². The summed E-state index contributed by atoms with van der Waals surface area (Å²) < 4.78 is 27.1. The van der Waals surface area contributed by atoms with Gasteiger partial charge >= 0.3 is 0 Å². The summed E-state index contributed by atoms with van der Waals surface area (Å²) in [5, 5.41) is 12.3. The zero-order valence-corrected chi connectivity index (χ0v) is 17.3. The first-order valence-electron chi connectivity index (χ1n) is 9.29.